The summed E-state index contributed by atoms with van der Waals surface area (Å²) in [7, 11) is 2.01. The Labute approximate surface area is 115 Å². The van der Waals surface area contributed by atoms with Crippen molar-refractivity contribution in [3.63, 3.8) is 0 Å². The van der Waals surface area contributed by atoms with Gasteiger partial charge in [-0.25, -0.2) is 0 Å². The fraction of sp³-hybridized carbons (Fsp3) is 0.438. The maximum absolute atomic E-state index is 4.54. The van der Waals surface area contributed by atoms with Crippen LogP contribution in [-0.2, 0) is 7.05 Å². The summed E-state index contributed by atoms with van der Waals surface area (Å²) in [4.78, 5) is 0. The van der Waals surface area contributed by atoms with E-state index in [0.29, 0.717) is 0 Å². The summed E-state index contributed by atoms with van der Waals surface area (Å²) in [6, 6.07) is 8.91. The highest BCUT2D eigenvalue weighted by molar-refractivity contribution is 5.38. The van der Waals surface area contributed by atoms with Crippen LogP contribution < -0.4 is 5.32 Å². The second kappa shape index (κ2) is 5.57. The van der Waals surface area contributed by atoms with E-state index >= 15 is 0 Å². The number of rotatable bonds is 4. The Hall–Kier alpha value is -1.61. The fourth-order valence-corrected chi connectivity index (χ4v) is 2.65. The first-order chi connectivity index (χ1) is 9.04. The van der Waals surface area contributed by atoms with E-state index in [9.17, 15) is 0 Å². The molecule has 0 saturated carbocycles. The van der Waals surface area contributed by atoms with Gasteiger partial charge in [0, 0.05) is 18.3 Å². The molecule has 0 aliphatic carbocycles. The Morgan fingerprint density at radius 1 is 1.26 bits per heavy atom. The number of hydrogen-bond donors (Lipinski definition) is 1. The third-order valence-electron chi connectivity index (χ3n) is 3.64. The summed E-state index contributed by atoms with van der Waals surface area (Å²) >= 11 is 0. The molecule has 0 fully saturated rings. The van der Waals surface area contributed by atoms with Gasteiger partial charge >= 0.3 is 0 Å². The molecule has 0 aliphatic rings. The van der Waals surface area contributed by atoms with Crippen LogP contribution in [0.5, 0.6) is 0 Å². The molecular formula is C16H23N3. The van der Waals surface area contributed by atoms with Gasteiger partial charge in [-0.2, -0.15) is 5.10 Å². The Kier molecular flexibility index (Phi) is 4.05. The SMILES string of the molecule is CCNC(c1cccc(C)c1)c1c(C)nn(C)c1C. The Morgan fingerprint density at radius 2 is 2.00 bits per heavy atom. The van der Waals surface area contributed by atoms with Crippen molar-refractivity contribution in [2.45, 2.75) is 33.7 Å². The minimum Gasteiger partial charge on any atom is -0.306 e. The molecule has 1 N–H and O–H groups in total. The van der Waals surface area contributed by atoms with Crippen LogP contribution in [0.25, 0.3) is 0 Å². The molecule has 102 valence electrons. The predicted molar refractivity (Wildman–Crippen MR) is 79.4 cm³/mol. The number of benzene rings is 1. The predicted octanol–water partition coefficient (Wildman–Crippen LogP) is 3.04. The Morgan fingerprint density at radius 3 is 2.53 bits per heavy atom. The molecule has 0 spiro atoms. The number of aryl methyl sites for hydroxylation is 3. The summed E-state index contributed by atoms with van der Waals surface area (Å²) in [6.07, 6.45) is 0. The molecule has 0 bridgehead atoms. The smallest absolute Gasteiger partial charge is 0.0647 e. The average Bonchev–Trinajstić information content (AvgIpc) is 2.61. The van der Waals surface area contributed by atoms with Gasteiger partial charge < -0.3 is 5.32 Å². The maximum Gasteiger partial charge on any atom is 0.0647 e. The minimum absolute atomic E-state index is 0.221. The maximum atomic E-state index is 4.54. The lowest BCUT2D eigenvalue weighted by molar-refractivity contribution is 0.622. The molecule has 19 heavy (non-hydrogen) atoms. The summed E-state index contributed by atoms with van der Waals surface area (Å²) in [6.45, 7) is 9.43. The highest BCUT2D eigenvalue weighted by atomic mass is 15.3. The van der Waals surface area contributed by atoms with Crippen molar-refractivity contribution in [3.8, 4) is 0 Å². The molecule has 1 aromatic carbocycles. The van der Waals surface area contributed by atoms with Crippen LogP contribution in [0.4, 0.5) is 0 Å². The molecule has 3 heteroatoms. The lowest BCUT2D eigenvalue weighted by Crippen LogP contribution is -2.23. The highest BCUT2D eigenvalue weighted by Gasteiger charge is 2.21. The van der Waals surface area contributed by atoms with E-state index in [4.69, 9.17) is 0 Å². The van der Waals surface area contributed by atoms with Crippen LogP contribution in [0.1, 0.15) is 41.0 Å². The van der Waals surface area contributed by atoms with Crippen molar-refractivity contribution in [3.05, 3.63) is 52.3 Å². The van der Waals surface area contributed by atoms with Crippen molar-refractivity contribution in [2.24, 2.45) is 7.05 Å². The monoisotopic (exact) mass is 257 g/mol. The van der Waals surface area contributed by atoms with Crippen molar-refractivity contribution in [2.75, 3.05) is 6.54 Å². The van der Waals surface area contributed by atoms with Crippen LogP contribution in [0.2, 0.25) is 0 Å². The van der Waals surface area contributed by atoms with E-state index in [0.717, 1.165) is 12.2 Å². The molecule has 0 aliphatic heterocycles. The van der Waals surface area contributed by atoms with E-state index < -0.39 is 0 Å². The Bertz CT molecular complexity index is 569. The summed E-state index contributed by atoms with van der Waals surface area (Å²) in [5.74, 6) is 0. The normalized spacial score (nSPS) is 12.7. The van der Waals surface area contributed by atoms with Crippen LogP contribution in [0.15, 0.2) is 24.3 Å². The third kappa shape index (κ3) is 2.71. The number of hydrogen-bond acceptors (Lipinski definition) is 2. The molecule has 1 unspecified atom stereocenters. The summed E-state index contributed by atoms with van der Waals surface area (Å²) in [5, 5.41) is 8.12. The van der Waals surface area contributed by atoms with Crippen LogP contribution in [0, 0.1) is 20.8 Å². The lowest BCUT2D eigenvalue weighted by Gasteiger charge is -2.20. The van der Waals surface area contributed by atoms with Gasteiger partial charge in [-0.1, -0.05) is 36.8 Å². The van der Waals surface area contributed by atoms with E-state index in [-0.39, 0.29) is 6.04 Å². The first-order valence-corrected chi connectivity index (χ1v) is 6.84. The molecule has 2 aromatic rings. The highest BCUT2D eigenvalue weighted by Crippen LogP contribution is 2.27. The van der Waals surface area contributed by atoms with E-state index in [1.807, 2.05) is 11.7 Å². The van der Waals surface area contributed by atoms with E-state index in [1.165, 1.54) is 22.4 Å². The molecule has 0 radical (unpaired) electrons. The molecule has 0 amide bonds. The standard InChI is InChI=1S/C16H23N3/c1-6-17-16(14-9-7-8-11(2)10-14)15-12(3)18-19(5)13(15)4/h7-10,16-17H,6H2,1-5H3. The summed E-state index contributed by atoms with van der Waals surface area (Å²) < 4.78 is 1.96. The quantitative estimate of drug-likeness (QED) is 0.912. The van der Waals surface area contributed by atoms with E-state index in [2.05, 4.69) is 62.4 Å². The lowest BCUT2D eigenvalue weighted by atomic mass is 9.96. The fourth-order valence-electron chi connectivity index (χ4n) is 2.65. The summed E-state index contributed by atoms with van der Waals surface area (Å²) in [5.41, 5.74) is 6.23. The largest absolute Gasteiger partial charge is 0.306 e. The molecule has 3 nitrogen and oxygen atoms in total. The number of nitrogens with one attached hydrogen (secondary N) is 1. The molecule has 1 atom stereocenters. The third-order valence-corrected chi connectivity index (χ3v) is 3.64. The molecular weight excluding hydrogens is 234 g/mol. The first-order valence-electron chi connectivity index (χ1n) is 6.84. The van der Waals surface area contributed by atoms with Gasteiger partial charge in [-0.15, -0.1) is 0 Å². The Balaban J connectivity index is 2.51. The van der Waals surface area contributed by atoms with Gasteiger partial charge in [0.2, 0.25) is 0 Å². The zero-order valence-corrected chi connectivity index (χ0v) is 12.5. The van der Waals surface area contributed by atoms with Crippen molar-refractivity contribution in [1.29, 1.82) is 0 Å². The van der Waals surface area contributed by atoms with Crippen LogP contribution in [0.3, 0.4) is 0 Å². The van der Waals surface area contributed by atoms with Gasteiger partial charge in [0.1, 0.15) is 0 Å². The van der Waals surface area contributed by atoms with Gasteiger partial charge in [0.05, 0.1) is 11.7 Å². The topological polar surface area (TPSA) is 29.9 Å². The molecule has 1 heterocycles. The van der Waals surface area contributed by atoms with Crippen molar-refractivity contribution in [1.82, 2.24) is 15.1 Å². The van der Waals surface area contributed by atoms with Crippen LogP contribution in [-0.4, -0.2) is 16.3 Å². The molecule has 2 rings (SSSR count). The average molecular weight is 257 g/mol. The van der Waals surface area contributed by atoms with Crippen LogP contribution >= 0.6 is 0 Å². The van der Waals surface area contributed by atoms with Gasteiger partial charge in [-0.3, -0.25) is 4.68 Å². The van der Waals surface area contributed by atoms with Gasteiger partial charge in [0.15, 0.2) is 0 Å². The van der Waals surface area contributed by atoms with E-state index in [1.54, 1.807) is 0 Å². The molecule has 0 saturated heterocycles. The zero-order chi connectivity index (χ0) is 14.0. The second-order valence-electron chi connectivity index (χ2n) is 5.11. The van der Waals surface area contributed by atoms with Crippen molar-refractivity contribution >= 4 is 0 Å². The number of nitrogens with zero attached hydrogens (tertiary/aromatic N) is 2. The van der Waals surface area contributed by atoms with Crippen molar-refractivity contribution < 1.29 is 0 Å². The molecule has 1 aromatic heterocycles. The van der Waals surface area contributed by atoms with Gasteiger partial charge in [0.25, 0.3) is 0 Å². The first kappa shape index (κ1) is 13.8. The second-order valence-corrected chi connectivity index (χ2v) is 5.11. The van der Waals surface area contributed by atoms with Gasteiger partial charge in [-0.05, 0) is 32.9 Å². The zero-order valence-electron chi connectivity index (χ0n) is 12.5. The minimum atomic E-state index is 0.221. The number of aromatic nitrogens is 2.